The highest BCUT2D eigenvalue weighted by atomic mass is 32.1. The minimum absolute atomic E-state index is 0.302. The lowest BCUT2D eigenvalue weighted by Gasteiger charge is -2.23. The molecule has 0 radical (unpaired) electrons. The number of carbonyl (C=O) groups is 4. The van der Waals surface area contributed by atoms with Gasteiger partial charge in [-0.2, -0.15) is 0 Å². The van der Waals surface area contributed by atoms with Gasteiger partial charge in [0, 0.05) is 19.1 Å². The number of para-hydroxylation sites is 1. The van der Waals surface area contributed by atoms with Gasteiger partial charge in [0.25, 0.3) is 5.91 Å². The van der Waals surface area contributed by atoms with Gasteiger partial charge in [0.1, 0.15) is 11.4 Å². The van der Waals surface area contributed by atoms with E-state index >= 15 is 0 Å². The van der Waals surface area contributed by atoms with E-state index in [9.17, 15) is 19.2 Å². The quantitative estimate of drug-likeness (QED) is 0.174. The van der Waals surface area contributed by atoms with Crippen LogP contribution in [0, 0.1) is 0 Å². The molecule has 1 amide bonds. The Hall–Kier alpha value is -5.17. The number of nitrogens with one attached hydrogen (secondary N) is 1. The number of hydrogen-bond donors (Lipinski definition) is 2. The molecule has 0 aliphatic carbocycles. The van der Waals surface area contributed by atoms with Crippen molar-refractivity contribution < 1.29 is 42.9 Å². The summed E-state index contributed by atoms with van der Waals surface area (Å²) in [6, 6.07) is 10.1. The van der Waals surface area contributed by atoms with Gasteiger partial charge in [-0.05, 0) is 30.0 Å². The highest BCUT2D eigenvalue weighted by molar-refractivity contribution is 7.12. The second kappa shape index (κ2) is 12.3. The van der Waals surface area contributed by atoms with E-state index in [-0.39, 0.29) is 17.2 Å². The number of methoxy groups -OCH3 is 2. The van der Waals surface area contributed by atoms with Gasteiger partial charge in [0.05, 0.1) is 30.8 Å². The summed E-state index contributed by atoms with van der Waals surface area (Å²) in [5, 5.41) is 4.68. The Kier molecular flexibility index (Phi) is 8.68. The molecule has 0 saturated carbocycles. The predicted molar refractivity (Wildman–Crippen MR) is 148 cm³/mol. The van der Waals surface area contributed by atoms with Gasteiger partial charge < -0.3 is 34.7 Å². The first-order valence-corrected chi connectivity index (χ1v) is 12.9. The molecule has 4 rings (SSSR count). The molecule has 2 bridgehead atoms. The minimum atomic E-state index is -1.02. The van der Waals surface area contributed by atoms with Crippen molar-refractivity contribution in [1.29, 1.82) is 0 Å². The topological polar surface area (TPSA) is 165 Å². The van der Waals surface area contributed by atoms with Crippen molar-refractivity contribution in [3.63, 3.8) is 0 Å². The van der Waals surface area contributed by atoms with Crippen LogP contribution in [-0.2, 0) is 14.4 Å². The number of carbonyl (C=O) groups excluding carboxylic acids is 4. The average Bonchev–Trinajstić information content (AvgIpc) is 3.48. The Morgan fingerprint density at radius 2 is 1.56 bits per heavy atom. The molecule has 0 saturated heterocycles. The molecular weight excluding hydrogens is 554 g/mol. The third-order valence-corrected chi connectivity index (χ3v) is 6.58. The molecule has 1 aliphatic rings. The standard InChI is InChI=1S/C28H25N3O9S/c1-14(16-8-5-6-9-17(16)31-27(29)18-10-7-13-41-18)30-28(35)21-22-24(36-3)26(38-15(2)32)25(37-4)23(21)40-20(34)12-11-19(33)39-22/h5-14H,1-4H3,(H2,29,31)(H,30,35)/b12-11+. The first-order chi connectivity index (χ1) is 19.6. The Labute approximate surface area is 238 Å². The van der Waals surface area contributed by atoms with Crippen LogP contribution in [-0.4, -0.2) is 43.9 Å². The van der Waals surface area contributed by atoms with Crippen LogP contribution in [0.15, 0.2) is 58.9 Å². The van der Waals surface area contributed by atoms with Crippen LogP contribution in [0.4, 0.5) is 5.69 Å². The normalized spacial score (nSPS) is 14.4. The SMILES string of the molecule is COc1c(OC(C)=O)c(OC)c2c(C(=O)NC(C)c3ccccc3N=C(N)c3cccs3)c1OC(=O)/C=C/C(=O)O2. The molecular formula is C28H25N3O9S. The second-order valence-corrected chi connectivity index (χ2v) is 9.37. The van der Waals surface area contributed by atoms with Crippen LogP contribution < -0.4 is 34.7 Å². The maximum absolute atomic E-state index is 13.9. The van der Waals surface area contributed by atoms with Gasteiger partial charge in [0.2, 0.25) is 17.2 Å². The number of nitrogens with zero attached hydrogens (tertiary/aromatic N) is 1. The lowest BCUT2D eigenvalue weighted by atomic mass is 10.0. The number of aliphatic imine (C=N–C) groups is 1. The summed E-state index contributed by atoms with van der Waals surface area (Å²) in [5.41, 5.74) is 6.90. The number of amidine groups is 1. The molecule has 12 nitrogen and oxygen atoms in total. The number of amides is 1. The van der Waals surface area contributed by atoms with Crippen molar-refractivity contribution >= 4 is 46.7 Å². The zero-order valence-corrected chi connectivity index (χ0v) is 23.2. The van der Waals surface area contributed by atoms with Crippen LogP contribution in [0.25, 0.3) is 0 Å². The molecule has 41 heavy (non-hydrogen) atoms. The molecule has 212 valence electrons. The summed E-state index contributed by atoms with van der Waals surface area (Å²) < 4.78 is 26.8. The molecule has 2 heterocycles. The van der Waals surface area contributed by atoms with Gasteiger partial charge in [-0.3, -0.25) is 9.59 Å². The third-order valence-electron chi connectivity index (χ3n) is 5.69. The fourth-order valence-corrected chi connectivity index (χ4v) is 4.59. The maximum Gasteiger partial charge on any atom is 0.336 e. The molecule has 1 aliphatic heterocycles. The van der Waals surface area contributed by atoms with E-state index < -0.39 is 46.9 Å². The first kappa shape index (κ1) is 28.8. The number of benzene rings is 2. The van der Waals surface area contributed by atoms with Crippen LogP contribution in [0.3, 0.4) is 0 Å². The largest absolute Gasteiger partial charge is 0.490 e. The summed E-state index contributed by atoms with van der Waals surface area (Å²) >= 11 is 1.43. The molecule has 1 aromatic heterocycles. The number of esters is 3. The molecule has 3 N–H and O–H groups in total. The molecule has 0 spiro atoms. The van der Waals surface area contributed by atoms with Crippen molar-refractivity contribution in [2.75, 3.05) is 14.2 Å². The van der Waals surface area contributed by atoms with E-state index in [0.717, 1.165) is 24.0 Å². The molecule has 0 fully saturated rings. The van der Waals surface area contributed by atoms with Crippen molar-refractivity contribution in [3.8, 4) is 28.7 Å². The second-order valence-electron chi connectivity index (χ2n) is 8.43. The molecule has 3 aromatic rings. The van der Waals surface area contributed by atoms with E-state index in [0.29, 0.717) is 17.1 Å². The number of fused-ring (bicyclic) bond motifs is 2. The number of thiophene rings is 1. The number of ether oxygens (including phenoxy) is 5. The van der Waals surface area contributed by atoms with E-state index in [1.807, 2.05) is 17.5 Å². The third kappa shape index (κ3) is 6.20. The lowest BCUT2D eigenvalue weighted by molar-refractivity contribution is -0.132. The van der Waals surface area contributed by atoms with Crippen molar-refractivity contribution in [2.24, 2.45) is 10.7 Å². The van der Waals surface area contributed by atoms with Gasteiger partial charge in [0.15, 0.2) is 11.5 Å². The van der Waals surface area contributed by atoms with Crippen LogP contribution in [0.5, 0.6) is 28.7 Å². The summed E-state index contributed by atoms with van der Waals surface area (Å²) in [6.45, 7) is 2.82. The minimum Gasteiger partial charge on any atom is -0.490 e. The Morgan fingerprint density at radius 3 is 2.10 bits per heavy atom. The highest BCUT2D eigenvalue weighted by Crippen LogP contribution is 2.54. The van der Waals surface area contributed by atoms with Crippen LogP contribution >= 0.6 is 11.3 Å². The monoisotopic (exact) mass is 579 g/mol. The molecule has 1 atom stereocenters. The zero-order chi connectivity index (χ0) is 29.7. The zero-order valence-electron chi connectivity index (χ0n) is 22.4. The summed E-state index contributed by atoms with van der Waals surface area (Å²) in [5.74, 6) is -5.24. The van der Waals surface area contributed by atoms with E-state index in [2.05, 4.69) is 10.3 Å². The van der Waals surface area contributed by atoms with Gasteiger partial charge in [-0.1, -0.05) is 24.3 Å². The summed E-state index contributed by atoms with van der Waals surface area (Å²) in [7, 11) is 2.41. The summed E-state index contributed by atoms with van der Waals surface area (Å²) in [6.07, 6.45) is 1.62. The Balaban J connectivity index is 1.83. The first-order valence-electron chi connectivity index (χ1n) is 12.0. The summed E-state index contributed by atoms with van der Waals surface area (Å²) in [4.78, 5) is 56.0. The number of hydrogen-bond acceptors (Lipinski definition) is 11. The van der Waals surface area contributed by atoms with Gasteiger partial charge in [-0.25, -0.2) is 14.6 Å². The number of nitrogens with two attached hydrogens (primary N) is 1. The fraction of sp³-hybridized carbons (Fsp3) is 0.179. The smallest absolute Gasteiger partial charge is 0.336 e. The maximum atomic E-state index is 13.9. The van der Waals surface area contributed by atoms with Crippen molar-refractivity contribution in [1.82, 2.24) is 5.32 Å². The molecule has 1 unspecified atom stereocenters. The van der Waals surface area contributed by atoms with E-state index in [1.165, 1.54) is 25.6 Å². The fourth-order valence-electron chi connectivity index (χ4n) is 3.96. The van der Waals surface area contributed by atoms with Crippen molar-refractivity contribution in [3.05, 3.63) is 69.9 Å². The van der Waals surface area contributed by atoms with Gasteiger partial charge in [-0.15, -0.1) is 11.3 Å². The van der Waals surface area contributed by atoms with Crippen molar-refractivity contribution in [2.45, 2.75) is 19.9 Å². The van der Waals surface area contributed by atoms with Crippen LogP contribution in [0.1, 0.15) is 40.7 Å². The highest BCUT2D eigenvalue weighted by Gasteiger charge is 2.36. The average molecular weight is 580 g/mol. The Bertz CT molecular complexity index is 1530. The lowest BCUT2D eigenvalue weighted by Crippen LogP contribution is -2.28. The molecule has 13 heteroatoms. The van der Waals surface area contributed by atoms with E-state index in [1.54, 1.807) is 31.2 Å². The number of rotatable bonds is 8. The van der Waals surface area contributed by atoms with Crippen LogP contribution in [0.2, 0.25) is 0 Å². The molecule has 2 aromatic carbocycles. The van der Waals surface area contributed by atoms with E-state index in [4.69, 9.17) is 29.4 Å². The predicted octanol–water partition coefficient (Wildman–Crippen LogP) is 3.60. The van der Waals surface area contributed by atoms with Gasteiger partial charge >= 0.3 is 17.9 Å². The Morgan fingerprint density at radius 1 is 0.951 bits per heavy atom.